The molecule has 0 bridgehead atoms. The summed E-state index contributed by atoms with van der Waals surface area (Å²) in [5.41, 5.74) is 6.23. The van der Waals surface area contributed by atoms with Gasteiger partial charge in [-0.1, -0.05) is 33.1 Å². The van der Waals surface area contributed by atoms with Crippen LogP contribution in [0.1, 0.15) is 52.4 Å². The third kappa shape index (κ3) is 4.22. The van der Waals surface area contributed by atoms with Gasteiger partial charge in [0.2, 0.25) is 0 Å². The Labute approximate surface area is 93.2 Å². The molecule has 2 atom stereocenters. The molecule has 0 aromatic carbocycles. The van der Waals surface area contributed by atoms with E-state index in [2.05, 4.69) is 25.6 Å². The van der Waals surface area contributed by atoms with Gasteiger partial charge in [0.15, 0.2) is 0 Å². The molecule has 1 rings (SSSR count). The lowest BCUT2D eigenvalue weighted by Crippen LogP contribution is -2.34. The number of hydrogen-bond donors (Lipinski definition) is 1. The molecular formula is C12H25NS. The van der Waals surface area contributed by atoms with E-state index in [0.717, 1.165) is 11.2 Å². The van der Waals surface area contributed by atoms with Crippen LogP contribution in [0.3, 0.4) is 0 Å². The molecule has 0 aromatic rings. The second kappa shape index (κ2) is 6.73. The number of thioether (sulfide) groups is 1. The van der Waals surface area contributed by atoms with Gasteiger partial charge in [-0.2, -0.15) is 11.8 Å². The molecule has 1 saturated carbocycles. The summed E-state index contributed by atoms with van der Waals surface area (Å²) in [6.45, 7) is 4.56. The fraction of sp³-hybridized carbons (Fsp3) is 1.00. The van der Waals surface area contributed by atoms with Gasteiger partial charge in [0, 0.05) is 17.0 Å². The summed E-state index contributed by atoms with van der Waals surface area (Å²) in [5.74, 6) is 1.99. The maximum atomic E-state index is 6.23. The van der Waals surface area contributed by atoms with Gasteiger partial charge < -0.3 is 5.73 Å². The van der Waals surface area contributed by atoms with Crippen molar-refractivity contribution in [2.45, 2.75) is 63.7 Å². The molecule has 0 aliphatic heterocycles. The first kappa shape index (κ1) is 12.4. The Morgan fingerprint density at radius 1 is 1.29 bits per heavy atom. The maximum Gasteiger partial charge on any atom is 0.0159 e. The van der Waals surface area contributed by atoms with Crippen LogP contribution in [-0.4, -0.2) is 17.0 Å². The van der Waals surface area contributed by atoms with E-state index in [4.69, 9.17) is 5.73 Å². The molecular weight excluding hydrogens is 190 g/mol. The van der Waals surface area contributed by atoms with Crippen LogP contribution >= 0.6 is 11.8 Å². The van der Waals surface area contributed by atoms with Gasteiger partial charge in [-0.25, -0.2) is 0 Å². The van der Waals surface area contributed by atoms with Gasteiger partial charge in [0.05, 0.1) is 0 Å². The summed E-state index contributed by atoms with van der Waals surface area (Å²) < 4.78 is 0. The van der Waals surface area contributed by atoms with Crippen molar-refractivity contribution >= 4 is 11.8 Å². The van der Waals surface area contributed by atoms with Crippen LogP contribution in [0, 0.1) is 5.92 Å². The Hall–Kier alpha value is 0.310. The fourth-order valence-electron chi connectivity index (χ4n) is 2.09. The minimum atomic E-state index is 0.453. The predicted molar refractivity (Wildman–Crippen MR) is 66.8 cm³/mol. The van der Waals surface area contributed by atoms with Crippen molar-refractivity contribution in [3.8, 4) is 0 Å². The number of nitrogens with two attached hydrogens (primary N) is 1. The van der Waals surface area contributed by atoms with Gasteiger partial charge in [-0.15, -0.1) is 0 Å². The Morgan fingerprint density at radius 2 is 1.93 bits per heavy atom. The van der Waals surface area contributed by atoms with E-state index in [0.29, 0.717) is 6.04 Å². The van der Waals surface area contributed by atoms with Crippen LogP contribution in [0.25, 0.3) is 0 Å². The van der Waals surface area contributed by atoms with E-state index in [1.807, 2.05) is 0 Å². The van der Waals surface area contributed by atoms with Gasteiger partial charge in [0.1, 0.15) is 0 Å². The maximum absolute atomic E-state index is 6.23. The summed E-state index contributed by atoms with van der Waals surface area (Å²) in [6, 6.07) is 0.453. The first-order valence-electron chi connectivity index (χ1n) is 6.11. The molecule has 1 aliphatic rings. The molecule has 2 unspecified atom stereocenters. The smallest absolute Gasteiger partial charge is 0.0159 e. The Balaban J connectivity index is 2.16. The highest BCUT2D eigenvalue weighted by atomic mass is 32.2. The molecule has 1 nitrogen and oxygen atoms in total. The second-order valence-electron chi connectivity index (χ2n) is 4.61. The monoisotopic (exact) mass is 215 g/mol. The highest BCUT2D eigenvalue weighted by molar-refractivity contribution is 7.99. The molecule has 1 aliphatic carbocycles. The zero-order valence-electron chi connectivity index (χ0n) is 9.67. The van der Waals surface area contributed by atoms with Crippen molar-refractivity contribution in [1.29, 1.82) is 0 Å². The van der Waals surface area contributed by atoms with Crippen molar-refractivity contribution < 1.29 is 0 Å². The predicted octanol–water partition coefficient (Wildman–Crippen LogP) is 3.43. The van der Waals surface area contributed by atoms with Crippen LogP contribution < -0.4 is 5.73 Å². The summed E-state index contributed by atoms with van der Waals surface area (Å²) >= 11 is 2.05. The van der Waals surface area contributed by atoms with Gasteiger partial charge in [-0.3, -0.25) is 0 Å². The summed E-state index contributed by atoms with van der Waals surface area (Å²) in [5, 5.41) is 0.782. The molecule has 0 amide bonds. The molecule has 0 spiro atoms. The zero-order valence-corrected chi connectivity index (χ0v) is 10.5. The summed E-state index contributed by atoms with van der Waals surface area (Å²) in [4.78, 5) is 0. The topological polar surface area (TPSA) is 26.0 Å². The zero-order chi connectivity index (χ0) is 10.4. The van der Waals surface area contributed by atoms with Crippen LogP contribution in [0.15, 0.2) is 0 Å². The van der Waals surface area contributed by atoms with Crippen molar-refractivity contribution in [1.82, 2.24) is 0 Å². The van der Waals surface area contributed by atoms with E-state index in [1.54, 1.807) is 0 Å². The minimum absolute atomic E-state index is 0.453. The Kier molecular flexibility index (Phi) is 5.95. The molecule has 14 heavy (non-hydrogen) atoms. The molecule has 2 N–H and O–H groups in total. The lowest BCUT2D eigenvalue weighted by atomic mass is 9.85. The first-order valence-corrected chi connectivity index (χ1v) is 7.16. The Bertz CT molecular complexity index is 143. The molecule has 0 radical (unpaired) electrons. The summed E-state index contributed by atoms with van der Waals surface area (Å²) in [7, 11) is 0. The third-order valence-electron chi connectivity index (χ3n) is 3.40. The van der Waals surface area contributed by atoms with Crippen molar-refractivity contribution in [2.75, 3.05) is 5.75 Å². The van der Waals surface area contributed by atoms with E-state index < -0.39 is 0 Å². The van der Waals surface area contributed by atoms with Crippen molar-refractivity contribution in [3.05, 3.63) is 0 Å². The van der Waals surface area contributed by atoms with E-state index in [-0.39, 0.29) is 0 Å². The molecule has 84 valence electrons. The van der Waals surface area contributed by atoms with Gasteiger partial charge >= 0.3 is 0 Å². The second-order valence-corrected chi connectivity index (χ2v) is 6.09. The minimum Gasteiger partial charge on any atom is -0.327 e. The molecule has 0 heterocycles. The van der Waals surface area contributed by atoms with E-state index >= 15 is 0 Å². The van der Waals surface area contributed by atoms with Gasteiger partial charge in [0.25, 0.3) is 0 Å². The van der Waals surface area contributed by atoms with Crippen LogP contribution in [0.4, 0.5) is 0 Å². The average molecular weight is 215 g/mol. The highest BCUT2D eigenvalue weighted by Crippen LogP contribution is 2.27. The van der Waals surface area contributed by atoms with Gasteiger partial charge in [-0.05, 0) is 25.2 Å². The normalized spacial score (nSPS) is 23.4. The summed E-state index contributed by atoms with van der Waals surface area (Å²) in [6.07, 6.45) is 8.27. The number of hydrogen-bond acceptors (Lipinski definition) is 2. The Morgan fingerprint density at radius 3 is 2.50 bits per heavy atom. The van der Waals surface area contributed by atoms with E-state index in [1.165, 1.54) is 44.3 Å². The van der Waals surface area contributed by atoms with Crippen molar-refractivity contribution in [3.63, 3.8) is 0 Å². The average Bonchev–Trinajstić information content (AvgIpc) is 2.26. The quantitative estimate of drug-likeness (QED) is 0.760. The first-order chi connectivity index (χ1) is 6.74. The molecule has 0 saturated heterocycles. The standard InChI is InChI=1S/C12H25NS/c1-3-10(2)14-9-12(13)11-7-5-4-6-8-11/h10-12H,3-9,13H2,1-2H3. The lowest BCUT2D eigenvalue weighted by molar-refractivity contribution is 0.319. The van der Waals surface area contributed by atoms with Crippen molar-refractivity contribution in [2.24, 2.45) is 11.7 Å². The van der Waals surface area contributed by atoms with Crippen LogP contribution in [0.2, 0.25) is 0 Å². The molecule has 0 aromatic heterocycles. The molecule has 1 fully saturated rings. The SMILES string of the molecule is CCC(C)SCC(N)C1CCCCC1. The fourth-order valence-corrected chi connectivity index (χ4v) is 3.15. The largest absolute Gasteiger partial charge is 0.327 e. The van der Waals surface area contributed by atoms with Crippen LogP contribution in [0.5, 0.6) is 0 Å². The third-order valence-corrected chi connectivity index (χ3v) is 4.88. The van der Waals surface area contributed by atoms with E-state index in [9.17, 15) is 0 Å². The lowest BCUT2D eigenvalue weighted by Gasteiger charge is -2.27. The molecule has 2 heteroatoms. The van der Waals surface area contributed by atoms with Crippen LogP contribution in [-0.2, 0) is 0 Å². The highest BCUT2D eigenvalue weighted by Gasteiger charge is 2.20. The number of rotatable bonds is 5.